The highest BCUT2D eigenvalue weighted by Crippen LogP contribution is 2.37. The van der Waals surface area contributed by atoms with Crippen LogP contribution in [0.5, 0.6) is 11.5 Å². The molecule has 0 bridgehead atoms. The Labute approximate surface area is 171 Å². The van der Waals surface area contributed by atoms with Gasteiger partial charge >= 0.3 is 11.9 Å². The zero-order chi connectivity index (χ0) is 20.1. The van der Waals surface area contributed by atoms with Crippen molar-refractivity contribution in [1.29, 1.82) is 0 Å². The standard InChI is InChI=1S/C19H16Cl2N2O5/c1-3-26-19(24)18-22-17(23-28-18)12-8-14(20)16(15(21)9-12)27-10-11-4-6-13(25-2)7-5-11/h4-9H,3,10H2,1-2H3. The predicted molar refractivity (Wildman–Crippen MR) is 103 cm³/mol. The Morgan fingerprint density at radius 2 is 1.82 bits per heavy atom. The van der Waals surface area contributed by atoms with Gasteiger partial charge in [-0.15, -0.1) is 0 Å². The van der Waals surface area contributed by atoms with Gasteiger partial charge in [-0.05, 0) is 36.8 Å². The molecular formula is C19H16Cl2N2O5. The summed E-state index contributed by atoms with van der Waals surface area (Å²) in [4.78, 5) is 15.6. The third kappa shape index (κ3) is 4.55. The van der Waals surface area contributed by atoms with Crippen LogP contribution in [-0.2, 0) is 11.3 Å². The smallest absolute Gasteiger partial charge is 0.397 e. The lowest BCUT2D eigenvalue weighted by atomic mass is 10.2. The maximum Gasteiger partial charge on any atom is 0.397 e. The normalized spacial score (nSPS) is 10.6. The van der Waals surface area contributed by atoms with Crippen molar-refractivity contribution in [2.45, 2.75) is 13.5 Å². The number of esters is 1. The Kier molecular flexibility index (Phi) is 6.38. The average molecular weight is 423 g/mol. The SMILES string of the molecule is CCOC(=O)c1nc(-c2cc(Cl)c(OCc3ccc(OC)cc3)c(Cl)c2)no1. The molecule has 0 saturated heterocycles. The molecule has 0 spiro atoms. The van der Waals surface area contributed by atoms with Crippen LogP contribution < -0.4 is 9.47 Å². The van der Waals surface area contributed by atoms with E-state index in [9.17, 15) is 4.79 Å². The molecule has 0 N–H and O–H groups in total. The Balaban J connectivity index is 1.76. The number of halogens is 2. The second kappa shape index (κ2) is 8.95. The molecule has 0 aliphatic heterocycles. The summed E-state index contributed by atoms with van der Waals surface area (Å²) in [5, 5.41) is 4.31. The molecule has 1 heterocycles. The van der Waals surface area contributed by atoms with Crippen LogP contribution in [0.2, 0.25) is 10.0 Å². The van der Waals surface area contributed by atoms with Gasteiger partial charge in [-0.25, -0.2) is 4.79 Å². The average Bonchev–Trinajstić information content (AvgIpc) is 3.18. The van der Waals surface area contributed by atoms with Crippen LogP contribution in [0.25, 0.3) is 11.4 Å². The van der Waals surface area contributed by atoms with Gasteiger partial charge in [0.05, 0.1) is 23.8 Å². The first kappa shape index (κ1) is 20.0. The summed E-state index contributed by atoms with van der Waals surface area (Å²) in [7, 11) is 1.60. The maximum atomic E-state index is 11.6. The van der Waals surface area contributed by atoms with Gasteiger partial charge in [-0.2, -0.15) is 4.98 Å². The van der Waals surface area contributed by atoms with Crippen LogP contribution in [0.15, 0.2) is 40.9 Å². The molecule has 146 valence electrons. The van der Waals surface area contributed by atoms with E-state index >= 15 is 0 Å². The molecule has 0 aliphatic rings. The Morgan fingerprint density at radius 3 is 2.43 bits per heavy atom. The van der Waals surface area contributed by atoms with Crippen molar-refractivity contribution in [2.24, 2.45) is 0 Å². The van der Waals surface area contributed by atoms with Crippen LogP contribution in [0, 0.1) is 0 Å². The fourth-order valence-corrected chi connectivity index (χ4v) is 2.92. The van der Waals surface area contributed by atoms with Gasteiger partial charge in [-0.1, -0.05) is 40.5 Å². The highest BCUT2D eigenvalue weighted by molar-refractivity contribution is 6.37. The number of aromatic nitrogens is 2. The first-order valence-electron chi connectivity index (χ1n) is 8.27. The molecule has 3 rings (SSSR count). The van der Waals surface area contributed by atoms with Gasteiger partial charge in [0, 0.05) is 5.56 Å². The number of hydrogen-bond donors (Lipinski definition) is 0. The van der Waals surface area contributed by atoms with E-state index in [2.05, 4.69) is 10.1 Å². The Morgan fingerprint density at radius 1 is 1.14 bits per heavy atom. The van der Waals surface area contributed by atoms with Crippen molar-refractivity contribution >= 4 is 29.2 Å². The highest BCUT2D eigenvalue weighted by Gasteiger charge is 2.19. The maximum absolute atomic E-state index is 11.6. The van der Waals surface area contributed by atoms with Crippen LogP contribution >= 0.6 is 23.2 Å². The number of nitrogens with zero attached hydrogens (tertiary/aromatic N) is 2. The highest BCUT2D eigenvalue weighted by atomic mass is 35.5. The molecule has 1 aromatic heterocycles. The molecule has 0 aliphatic carbocycles. The van der Waals surface area contributed by atoms with Gasteiger partial charge in [0.25, 0.3) is 0 Å². The molecule has 2 aromatic carbocycles. The molecule has 0 unspecified atom stereocenters. The van der Waals surface area contributed by atoms with Gasteiger partial charge in [0.2, 0.25) is 5.82 Å². The molecule has 0 amide bonds. The van der Waals surface area contributed by atoms with E-state index in [4.69, 9.17) is 41.9 Å². The number of carbonyl (C=O) groups excluding carboxylic acids is 1. The van der Waals surface area contributed by atoms with Crippen LogP contribution in [0.1, 0.15) is 23.2 Å². The lowest BCUT2D eigenvalue weighted by molar-refractivity contribution is 0.0470. The minimum atomic E-state index is -0.696. The fraction of sp³-hybridized carbons (Fsp3) is 0.211. The lowest BCUT2D eigenvalue weighted by Crippen LogP contribution is -2.04. The molecule has 0 fully saturated rings. The van der Waals surface area contributed by atoms with Crippen molar-refractivity contribution in [3.8, 4) is 22.9 Å². The number of hydrogen-bond acceptors (Lipinski definition) is 7. The summed E-state index contributed by atoms with van der Waals surface area (Å²) in [6.07, 6.45) is 0. The first-order valence-corrected chi connectivity index (χ1v) is 9.03. The number of rotatable bonds is 7. The topological polar surface area (TPSA) is 83.7 Å². The van der Waals surface area contributed by atoms with Gasteiger partial charge in [-0.3, -0.25) is 0 Å². The van der Waals surface area contributed by atoms with Gasteiger partial charge in [0.1, 0.15) is 12.4 Å². The van der Waals surface area contributed by atoms with Crippen LogP contribution in [0.3, 0.4) is 0 Å². The predicted octanol–water partition coefficient (Wildman–Crippen LogP) is 4.81. The van der Waals surface area contributed by atoms with Crippen molar-refractivity contribution in [1.82, 2.24) is 10.1 Å². The summed E-state index contributed by atoms with van der Waals surface area (Å²) in [6, 6.07) is 10.6. The molecular weight excluding hydrogens is 407 g/mol. The summed E-state index contributed by atoms with van der Waals surface area (Å²) in [5.74, 6) is 0.304. The largest absolute Gasteiger partial charge is 0.497 e. The third-order valence-corrected chi connectivity index (χ3v) is 4.24. The van der Waals surface area contributed by atoms with Crippen LogP contribution in [-0.4, -0.2) is 29.8 Å². The molecule has 28 heavy (non-hydrogen) atoms. The zero-order valence-electron chi connectivity index (χ0n) is 15.1. The third-order valence-electron chi connectivity index (χ3n) is 3.67. The molecule has 0 saturated carbocycles. The summed E-state index contributed by atoms with van der Waals surface area (Å²) in [6.45, 7) is 2.16. The summed E-state index contributed by atoms with van der Waals surface area (Å²) < 4.78 is 20.6. The molecule has 0 radical (unpaired) electrons. The zero-order valence-corrected chi connectivity index (χ0v) is 16.6. The minimum absolute atomic E-state index is 0.161. The van der Waals surface area contributed by atoms with E-state index in [1.807, 2.05) is 24.3 Å². The number of benzene rings is 2. The molecule has 0 atom stereocenters. The summed E-state index contributed by atoms with van der Waals surface area (Å²) in [5.41, 5.74) is 1.40. The molecule has 7 nitrogen and oxygen atoms in total. The van der Waals surface area contributed by atoms with Crippen molar-refractivity contribution in [3.05, 3.63) is 57.9 Å². The number of ether oxygens (including phenoxy) is 3. The number of carbonyl (C=O) groups is 1. The summed E-state index contributed by atoms with van der Waals surface area (Å²) >= 11 is 12.6. The monoisotopic (exact) mass is 422 g/mol. The lowest BCUT2D eigenvalue weighted by Gasteiger charge is -2.11. The molecule has 3 aromatic rings. The van der Waals surface area contributed by atoms with E-state index in [-0.39, 0.29) is 35.0 Å². The number of methoxy groups -OCH3 is 1. The van der Waals surface area contributed by atoms with Gasteiger partial charge in [0.15, 0.2) is 5.75 Å². The second-order valence-corrected chi connectivity index (χ2v) is 6.36. The van der Waals surface area contributed by atoms with Gasteiger partial charge < -0.3 is 18.7 Å². The van der Waals surface area contributed by atoms with E-state index in [1.165, 1.54) is 0 Å². The second-order valence-electron chi connectivity index (χ2n) is 5.55. The van der Waals surface area contributed by atoms with Crippen molar-refractivity contribution < 1.29 is 23.5 Å². The first-order chi connectivity index (χ1) is 13.5. The van der Waals surface area contributed by atoms with E-state index in [0.29, 0.717) is 11.3 Å². The Hall–Kier alpha value is -2.77. The fourth-order valence-electron chi connectivity index (χ4n) is 2.32. The van der Waals surface area contributed by atoms with Crippen molar-refractivity contribution in [3.63, 3.8) is 0 Å². The minimum Gasteiger partial charge on any atom is -0.497 e. The van der Waals surface area contributed by atoms with E-state index < -0.39 is 5.97 Å². The van der Waals surface area contributed by atoms with E-state index in [1.54, 1.807) is 26.2 Å². The Bertz CT molecular complexity index is 950. The quantitative estimate of drug-likeness (QED) is 0.505. The van der Waals surface area contributed by atoms with Crippen molar-refractivity contribution in [2.75, 3.05) is 13.7 Å². The van der Waals surface area contributed by atoms with E-state index in [0.717, 1.165) is 11.3 Å². The molecule has 9 heteroatoms. The van der Waals surface area contributed by atoms with Crippen LogP contribution in [0.4, 0.5) is 0 Å².